The van der Waals surface area contributed by atoms with Gasteiger partial charge in [-0.25, -0.2) is 0 Å². The zero-order chi connectivity index (χ0) is 15.1. The Bertz CT molecular complexity index is 705. The summed E-state index contributed by atoms with van der Waals surface area (Å²) in [4.78, 5) is 15.0. The third kappa shape index (κ3) is 2.05. The predicted octanol–water partition coefficient (Wildman–Crippen LogP) is 2.59. The van der Waals surface area contributed by atoms with E-state index >= 15 is 0 Å². The van der Waals surface area contributed by atoms with Crippen LogP contribution in [0.2, 0.25) is 0 Å². The van der Waals surface area contributed by atoms with Crippen molar-refractivity contribution in [1.82, 2.24) is 15.1 Å². The summed E-state index contributed by atoms with van der Waals surface area (Å²) in [6.07, 6.45) is 3.79. The van der Waals surface area contributed by atoms with Gasteiger partial charge in [0, 0.05) is 30.8 Å². The molecule has 1 unspecified atom stereocenters. The topological polar surface area (TPSA) is 49.0 Å². The van der Waals surface area contributed by atoms with Crippen LogP contribution in [0.1, 0.15) is 47.3 Å². The van der Waals surface area contributed by atoms with Crippen LogP contribution in [-0.2, 0) is 30.6 Å². The fourth-order valence-electron chi connectivity index (χ4n) is 3.87. The van der Waals surface area contributed by atoms with Crippen LogP contribution < -0.4 is 0 Å². The first-order chi connectivity index (χ1) is 10.8. The van der Waals surface area contributed by atoms with Gasteiger partial charge in [0.05, 0.1) is 11.6 Å². The van der Waals surface area contributed by atoms with Gasteiger partial charge in [-0.1, -0.05) is 31.2 Å². The van der Waals surface area contributed by atoms with Gasteiger partial charge in [0.15, 0.2) is 0 Å². The number of benzene rings is 1. The van der Waals surface area contributed by atoms with Gasteiger partial charge >= 0.3 is 0 Å². The number of carbonyl (C=O) groups excluding carboxylic acids is 1. The van der Waals surface area contributed by atoms with Crippen molar-refractivity contribution in [3.8, 4) is 0 Å². The molecule has 22 heavy (non-hydrogen) atoms. The van der Waals surface area contributed by atoms with Gasteiger partial charge in [-0.15, -0.1) is 0 Å². The summed E-state index contributed by atoms with van der Waals surface area (Å²) in [5.74, 6) is 0.341. The van der Waals surface area contributed by atoms with Crippen molar-refractivity contribution in [1.29, 1.82) is 0 Å². The number of nitrogens with zero attached hydrogens (tertiary/aromatic N) is 2. The average Bonchev–Trinajstić information content (AvgIpc) is 3.17. The van der Waals surface area contributed by atoms with E-state index < -0.39 is 0 Å². The van der Waals surface area contributed by atoms with Crippen molar-refractivity contribution in [2.75, 3.05) is 6.54 Å². The normalized spacial score (nSPS) is 19.9. The standard InChI is InChI=1S/C18H21N3O/c1-2-16-15-11-21(10-9-17(15)20-19-16)18(22)14-8-7-12-5-3-4-6-13(12)14/h3-6,14H,2,7-11H2,1H3,(H,19,20). The highest BCUT2D eigenvalue weighted by atomic mass is 16.2. The van der Waals surface area contributed by atoms with Gasteiger partial charge in [0.25, 0.3) is 0 Å². The molecule has 4 heteroatoms. The maximum atomic E-state index is 13.0. The average molecular weight is 295 g/mol. The van der Waals surface area contributed by atoms with Gasteiger partial charge in [0.1, 0.15) is 0 Å². The van der Waals surface area contributed by atoms with Crippen LogP contribution in [-0.4, -0.2) is 27.5 Å². The quantitative estimate of drug-likeness (QED) is 0.926. The first-order valence-electron chi connectivity index (χ1n) is 8.19. The summed E-state index contributed by atoms with van der Waals surface area (Å²) in [6, 6.07) is 8.39. The lowest BCUT2D eigenvalue weighted by Gasteiger charge is -2.29. The molecule has 2 aromatic rings. The third-order valence-electron chi connectivity index (χ3n) is 5.10. The van der Waals surface area contributed by atoms with Gasteiger partial charge in [-0.05, 0) is 30.4 Å². The maximum Gasteiger partial charge on any atom is 0.230 e. The minimum Gasteiger partial charge on any atom is -0.337 e. The minimum atomic E-state index is 0.0507. The number of aromatic nitrogens is 2. The van der Waals surface area contributed by atoms with Crippen LogP contribution in [0.3, 0.4) is 0 Å². The Morgan fingerprint density at radius 1 is 1.36 bits per heavy atom. The second-order valence-electron chi connectivity index (χ2n) is 6.28. The number of hydrogen-bond donors (Lipinski definition) is 1. The number of nitrogens with one attached hydrogen (secondary N) is 1. The fraction of sp³-hybridized carbons (Fsp3) is 0.444. The SMILES string of the molecule is CCc1n[nH]c2c1CN(C(=O)C1CCc3ccccc31)CC2. The molecule has 0 radical (unpaired) electrons. The zero-order valence-corrected chi connectivity index (χ0v) is 12.9. The van der Waals surface area contributed by atoms with Crippen molar-refractivity contribution in [3.05, 3.63) is 52.3 Å². The van der Waals surface area contributed by atoms with E-state index in [1.54, 1.807) is 0 Å². The van der Waals surface area contributed by atoms with Crippen molar-refractivity contribution in [2.24, 2.45) is 0 Å². The Hall–Kier alpha value is -2.10. The molecule has 1 N–H and O–H groups in total. The third-order valence-corrected chi connectivity index (χ3v) is 5.10. The van der Waals surface area contributed by atoms with Gasteiger partial charge in [-0.2, -0.15) is 5.10 Å². The van der Waals surface area contributed by atoms with E-state index in [9.17, 15) is 4.79 Å². The Balaban J connectivity index is 1.58. The maximum absolute atomic E-state index is 13.0. The lowest BCUT2D eigenvalue weighted by molar-refractivity contribution is -0.133. The number of rotatable bonds is 2. The van der Waals surface area contributed by atoms with Crippen LogP contribution in [0.4, 0.5) is 0 Å². The van der Waals surface area contributed by atoms with Crippen LogP contribution >= 0.6 is 0 Å². The molecule has 1 aromatic heterocycles. The van der Waals surface area contributed by atoms with E-state index in [0.717, 1.165) is 37.9 Å². The molecule has 114 valence electrons. The Morgan fingerprint density at radius 3 is 3.09 bits per heavy atom. The summed E-state index contributed by atoms with van der Waals surface area (Å²) >= 11 is 0. The number of amides is 1. The highest BCUT2D eigenvalue weighted by Gasteiger charge is 2.33. The van der Waals surface area contributed by atoms with Gasteiger partial charge in [0.2, 0.25) is 5.91 Å². The second-order valence-corrected chi connectivity index (χ2v) is 6.28. The number of aromatic amines is 1. The first kappa shape index (κ1) is 13.6. The van der Waals surface area contributed by atoms with E-state index in [2.05, 4.69) is 35.3 Å². The number of fused-ring (bicyclic) bond motifs is 2. The van der Waals surface area contributed by atoms with Crippen molar-refractivity contribution in [2.45, 2.75) is 45.1 Å². The summed E-state index contributed by atoms with van der Waals surface area (Å²) in [7, 11) is 0. The molecule has 1 aliphatic heterocycles. The fourth-order valence-corrected chi connectivity index (χ4v) is 3.87. The van der Waals surface area contributed by atoms with Gasteiger partial charge < -0.3 is 4.90 Å². The number of aryl methyl sites for hydroxylation is 2. The highest BCUT2D eigenvalue weighted by Crippen LogP contribution is 2.35. The Labute approximate surface area is 130 Å². The van der Waals surface area contributed by atoms with Crippen LogP contribution in [0.25, 0.3) is 0 Å². The molecule has 0 bridgehead atoms. The van der Waals surface area contributed by atoms with E-state index in [1.807, 2.05) is 11.0 Å². The van der Waals surface area contributed by atoms with E-state index in [1.165, 1.54) is 22.4 Å². The summed E-state index contributed by atoms with van der Waals surface area (Å²) in [6.45, 7) is 3.63. The van der Waals surface area contributed by atoms with Crippen LogP contribution in [0.5, 0.6) is 0 Å². The van der Waals surface area contributed by atoms with Crippen molar-refractivity contribution in [3.63, 3.8) is 0 Å². The van der Waals surface area contributed by atoms with Gasteiger partial charge in [-0.3, -0.25) is 9.89 Å². The van der Waals surface area contributed by atoms with Crippen molar-refractivity contribution >= 4 is 5.91 Å². The van der Waals surface area contributed by atoms with Crippen LogP contribution in [0.15, 0.2) is 24.3 Å². The second kappa shape index (κ2) is 5.27. The first-order valence-corrected chi connectivity index (χ1v) is 8.19. The molecular weight excluding hydrogens is 274 g/mol. The predicted molar refractivity (Wildman–Crippen MR) is 84.6 cm³/mol. The lowest BCUT2D eigenvalue weighted by Crippen LogP contribution is -2.38. The molecule has 1 atom stereocenters. The Morgan fingerprint density at radius 2 is 2.23 bits per heavy atom. The molecule has 4 rings (SSSR count). The molecule has 1 amide bonds. The Kier molecular flexibility index (Phi) is 3.25. The molecule has 0 spiro atoms. The highest BCUT2D eigenvalue weighted by molar-refractivity contribution is 5.85. The molecule has 2 aliphatic rings. The molecular formula is C18H21N3O. The van der Waals surface area contributed by atoms with E-state index in [0.29, 0.717) is 12.5 Å². The molecule has 1 aromatic carbocycles. The summed E-state index contributed by atoms with van der Waals surface area (Å²) in [5, 5.41) is 7.51. The number of H-pyrrole nitrogens is 1. The smallest absolute Gasteiger partial charge is 0.230 e. The number of hydrogen-bond acceptors (Lipinski definition) is 2. The summed E-state index contributed by atoms with van der Waals surface area (Å²) < 4.78 is 0. The molecule has 0 fully saturated rings. The van der Waals surface area contributed by atoms with E-state index in [4.69, 9.17) is 0 Å². The monoisotopic (exact) mass is 295 g/mol. The zero-order valence-electron chi connectivity index (χ0n) is 12.9. The largest absolute Gasteiger partial charge is 0.337 e. The number of carbonyl (C=O) groups is 1. The van der Waals surface area contributed by atoms with Crippen LogP contribution in [0, 0.1) is 0 Å². The van der Waals surface area contributed by atoms with E-state index in [-0.39, 0.29) is 5.92 Å². The molecule has 1 aliphatic carbocycles. The lowest BCUT2D eigenvalue weighted by atomic mass is 9.97. The molecule has 0 saturated carbocycles. The molecule has 4 nitrogen and oxygen atoms in total. The minimum absolute atomic E-state index is 0.0507. The summed E-state index contributed by atoms with van der Waals surface area (Å²) in [5.41, 5.74) is 6.15. The molecule has 2 heterocycles. The molecule has 0 saturated heterocycles. The van der Waals surface area contributed by atoms with Crippen molar-refractivity contribution < 1.29 is 4.79 Å².